The van der Waals surface area contributed by atoms with Crippen LogP contribution in [0.3, 0.4) is 0 Å². The summed E-state index contributed by atoms with van der Waals surface area (Å²) in [5.41, 5.74) is 0.705. The molecular weight excluding hydrogens is 584 g/mol. The zero-order valence-electron chi connectivity index (χ0n) is 27.4. The SMILES string of the molecule is CNC(=O)[C@H](Cc1ccc2ccccc2c1)NC(=O)[C@H](CC(C)C)N[C@H](CCN1C(=O)c2ccccc2C1=O)C(=O)OC(C)(C)C. The predicted molar refractivity (Wildman–Crippen MR) is 176 cm³/mol. The van der Waals surface area contributed by atoms with Crippen molar-refractivity contribution in [2.24, 2.45) is 5.92 Å². The summed E-state index contributed by atoms with van der Waals surface area (Å²) in [7, 11) is 1.52. The zero-order chi connectivity index (χ0) is 33.6. The Morgan fingerprint density at radius 1 is 0.804 bits per heavy atom. The minimum absolute atomic E-state index is 0.0260. The van der Waals surface area contributed by atoms with Crippen molar-refractivity contribution in [3.63, 3.8) is 0 Å². The van der Waals surface area contributed by atoms with E-state index in [9.17, 15) is 24.0 Å². The van der Waals surface area contributed by atoms with Gasteiger partial charge in [-0.1, -0.05) is 68.4 Å². The van der Waals surface area contributed by atoms with E-state index >= 15 is 0 Å². The van der Waals surface area contributed by atoms with E-state index in [1.165, 1.54) is 7.05 Å². The third-order valence-corrected chi connectivity index (χ3v) is 7.77. The second kappa shape index (κ2) is 14.7. The molecule has 0 aromatic heterocycles. The van der Waals surface area contributed by atoms with Gasteiger partial charge in [0.25, 0.3) is 11.8 Å². The number of imide groups is 1. The van der Waals surface area contributed by atoms with Crippen LogP contribution in [0.25, 0.3) is 10.8 Å². The van der Waals surface area contributed by atoms with E-state index in [2.05, 4.69) is 16.0 Å². The first-order valence-electron chi connectivity index (χ1n) is 15.7. The minimum Gasteiger partial charge on any atom is -0.459 e. The molecule has 0 spiro atoms. The second-order valence-electron chi connectivity index (χ2n) is 13.1. The van der Waals surface area contributed by atoms with Crippen molar-refractivity contribution in [1.82, 2.24) is 20.9 Å². The number of amides is 4. The fourth-order valence-corrected chi connectivity index (χ4v) is 5.56. The molecule has 0 unspecified atom stereocenters. The Kier molecular flexibility index (Phi) is 11.0. The molecule has 3 aromatic carbocycles. The van der Waals surface area contributed by atoms with Gasteiger partial charge in [0.2, 0.25) is 11.8 Å². The van der Waals surface area contributed by atoms with Gasteiger partial charge in [0.15, 0.2) is 0 Å². The van der Waals surface area contributed by atoms with Gasteiger partial charge < -0.3 is 15.4 Å². The van der Waals surface area contributed by atoms with Crippen LogP contribution in [0.5, 0.6) is 0 Å². The van der Waals surface area contributed by atoms with Crippen LogP contribution in [0.1, 0.15) is 73.7 Å². The van der Waals surface area contributed by atoms with Crippen molar-refractivity contribution in [3.8, 4) is 0 Å². The summed E-state index contributed by atoms with van der Waals surface area (Å²) in [6.07, 6.45) is 0.646. The topological polar surface area (TPSA) is 134 Å². The summed E-state index contributed by atoms with van der Waals surface area (Å²) in [4.78, 5) is 67.4. The minimum atomic E-state index is -1.02. The van der Waals surface area contributed by atoms with E-state index < -0.39 is 47.4 Å². The molecule has 3 aromatic rings. The van der Waals surface area contributed by atoms with Crippen molar-refractivity contribution in [1.29, 1.82) is 0 Å². The fraction of sp³-hybridized carbons (Fsp3) is 0.417. The molecule has 10 heteroatoms. The highest BCUT2D eigenvalue weighted by atomic mass is 16.6. The Labute approximate surface area is 270 Å². The summed E-state index contributed by atoms with van der Waals surface area (Å²) in [6, 6.07) is 17.7. The largest absolute Gasteiger partial charge is 0.459 e. The van der Waals surface area contributed by atoms with Crippen LogP contribution in [-0.2, 0) is 25.5 Å². The Morgan fingerprint density at radius 2 is 1.41 bits per heavy atom. The number of esters is 1. The Bertz CT molecular complexity index is 1580. The van der Waals surface area contributed by atoms with Crippen LogP contribution in [0.2, 0.25) is 0 Å². The van der Waals surface area contributed by atoms with E-state index in [1.54, 1.807) is 45.0 Å². The van der Waals surface area contributed by atoms with E-state index in [4.69, 9.17) is 4.74 Å². The van der Waals surface area contributed by atoms with Crippen molar-refractivity contribution in [3.05, 3.63) is 83.4 Å². The first-order valence-corrected chi connectivity index (χ1v) is 15.7. The average molecular weight is 629 g/mol. The van der Waals surface area contributed by atoms with Crippen LogP contribution in [0, 0.1) is 5.92 Å². The third kappa shape index (κ3) is 8.57. The summed E-state index contributed by atoms with van der Waals surface area (Å²) in [5, 5.41) is 10.8. The number of carbonyl (C=O) groups is 5. The number of likely N-dealkylation sites (N-methyl/N-ethyl adjacent to an activating group) is 1. The number of fused-ring (bicyclic) bond motifs is 2. The molecule has 0 bridgehead atoms. The normalized spacial score (nSPS) is 15.0. The number of hydrogen-bond donors (Lipinski definition) is 3. The lowest BCUT2D eigenvalue weighted by molar-refractivity contribution is -0.158. The molecule has 10 nitrogen and oxygen atoms in total. The van der Waals surface area contributed by atoms with Crippen molar-refractivity contribution in [2.75, 3.05) is 13.6 Å². The maximum Gasteiger partial charge on any atom is 0.323 e. The number of ether oxygens (including phenoxy) is 1. The number of hydrogen-bond acceptors (Lipinski definition) is 7. The first kappa shape index (κ1) is 34.3. The van der Waals surface area contributed by atoms with Gasteiger partial charge in [-0.15, -0.1) is 0 Å². The van der Waals surface area contributed by atoms with Crippen molar-refractivity contribution in [2.45, 2.75) is 77.6 Å². The molecule has 1 heterocycles. The Balaban J connectivity index is 1.54. The molecule has 244 valence electrons. The monoisotopic (exact) mass is 628 g/mol. The lowest BCUT2D eigenvalue weighted by Gasteiger charge is -2.30. The molecule has 0 radical (unpaired) electrons. The highest BCUT2D eigenvalue weighted by molar-refractivity contribution is 6.21. The fourth-order valence-electron chi connectivity index (χ4n) is 5.56. The smallest absolute Gasteiger partial charge is 0.323 e. The first-order chi connectivity index (χ1) is 21.8. The van der Waals surface area contributed by atoms with Crippen LogP contribution < -0.4 is 16.0 Å². The van der Waals surface area contributed by atoms with Crippen LogP contribution in [-0.4, -0.2) is 71.8 Å². The molecule has 1 aliphatic heterocycles. The summed E-state index contributed by atoms with van der Waals surface area (Å²) in [5.74, 6) is -2.21. The van der Waals surface area contributed by atoms with E-state index in [-0.39, 0.29) is 31.2 Å². The molecule has 4 amide bonds. The maximum atomic E-state index is 13.8. The summed E-state index contributed by atoms with van der Waals surface area (Å²) < 4.78 is 5.68. The molecule has 3 atom stereocenters. The zero-order valence-corrected chi connectivity index (χ0v) is 27.4. The van der Waals surface area contributed by atoms with Gasteiger partial charge >= 0.3 is 5.97 Å². The number of nitrogens with zero attached hydrogens (tertiary/aromatic N) is 1. The van der Waals surface area contributed by atoms with E-state index in [1.807, 2.05) is 56.3 Å². The lowest BCUT2D eigenvalue weighted by Crippen LogP contribution is -2.57. The Morgan fingerprint density at radius 3 is 2.00 bits per heavy atom. The molecule has 4 rings (SSSR count). The van der Waals surface area contributed by atoms with Crippen LogP contribution >= 0.6 is 0 Å². The van der Waals surface area contributed by atoms with Crippen molar-refractivity contribution >= 4 is 40.4 Å². The van der Waals surface area contributed by atoms with Gasteiger partial charge in [0.1, 0.15) is 17.7 Å². The molecular formula is C36H44N4O6. The highest BCUT2D eigenvalue weighted by Crippen LogP contribution is 2.23. The molecule has 1 aliphatic rings. The van der Waals surface area contributed by atoms with Gasteiger partial charge in [0, 0.05) is 20.0 Å². The molecule has 0 saturated carbocycles. The number of carbonyl (C=O) groups excluding carboxylic acids is 5. The summed E-state index contributed by atoms with van der Waals surface area (Å²) >= 11 is 0. The average Bonchev–Trinajstić information content (AvgIpc) is 3.25. The molecule has 0 fully saturated rings. The maximum absolute atomic E-state index is 13.8. The lowest BCUT2D eigenvalue weighted by atomic mass is 9.98. The standard InChI is InChI=1S/C36H44N4O6/c1-22(2)19-29(32(42)39-30(31(41)37-6)21-23-15-16-24-11-7-8-12-25(24)20-23)38-28(35(45)46-36(3,4)5)17-18-40-33(43)26-13-9-10-14-27(26)34(40)44/h7-16,20,22,28-30,38H,17-19,21H2,1-6H3,(H,37,41)(H,39,42)/t28-,29+,30+/m1/s1. The molecule has 0 aliphatic carbocycles. The number of nitrogens with one attached hydrogen (secondary N) is 3. The number of benzene rings is 3. The van der Waals surface area contributed by atoms with Crippen LogP contribution in [0.15, 0.2) is 66.7 Å². The predicted octanol–water partition coefficient (Wildman–Crippen LogP) is 4.01. The van der Waals surface area contributed by atoms with Gasteiger partial charge in [-0.3, -0.25) is 34.2 Å². The van der Waals surface area contributed by atoms with Crippen LogP contribution in [0.4, 0.5) is 0 Å². The molecule has 3 N–H and O–H groups in total. The van der Waals surface area contributed by atoms with Gasteiger partial charge in [0.05, 0.1) is 17.2 Å². The highest BCUT2D eigenvalue weighted by Gasteiger charge is 2.37. The molecule has 46 heavy (non-hydrogen) atoms. The Hall–Kier alpha value is -4.57. The quantitative estimate of drug-likeness (QED) is 0.192. The third-order valence-electron chi connectivity index (χ3n) is 7.77. The molecule has 0 saturated heterocycles. The second-order valence-corrected chi connectivity index (χ2v) is 13.1. The van der Waals surface area contributed by atoms with Crippen molar-refractivity contribution < 1.29 is 28.7 Å². The van der Waals surface area contributed by atoms with E-state index in [0.717, 1.165) is 21.2 Å². The summed E-state index contributed by atoms with van der Waals surface area (Å²) in [6.45, 7) is 9.08. The van der Waals surface area contributed by atoms with Gasteiger partial charge in [-0.2, -0.15) is 0 Å². The number of rotatable bonds is 13. The van der Waals surface area contributed by atoms with Gasteiger partial charge in [-0.25, -0.2) is 0 Å². The van der Waals surface area contributed by atoms with Gasteiger partial charge in [-0.05, 0) is 68.0 Å². The van der Waals surface area contributed by atoms with E-state index in [0.29, 0.717) is 17.5 Å².